The van der Waals surface area contributed by atoms with Gasteiger partial charge in [-0.3, -0.25) is 14.2 Å². The Morgan fingerprint density at radius 3 is 2.48 bits per heavy atom. The Morgan fingerprint density at radius 2 is 1.75 bits per heavy atom. The number of nitrogens with one attached hydrogen (secondary N) is 1. The van der Waals surface area contributed by atoms with Gasteiger partial charge in [-0.15, -0.1) is 0 Å². The zero-order chi connectivity index (χ0) is 27.9. The third-order valence-electron chi connectivity index (χ3n) is 7.72. The maximum Gasteiger partial charge on any atom is 0.264 e. The summed E-state index contributed by atoms with van der Waals surface area (Å²) in [6.45, 7) is 3.52. The van der Waals surface area contributed by atoms with Crippen LogP contribution < -0.4 is 15.8 Å². The molecule has 4 aromatic rings. The molecule has 0 radical (unpaired) electrons. The predicted molar refractivity (Wildman–Crippen MR) is 145 cm³/mol. The third kappa shape index (κ3) is 4.95. The lowest BCUT2D eigenvalue weighted by atomic mass is 9.91. The number of carbonyl (C=O) groups is 1. The molecule has 0 saturated carbocycles. The van der Waals surface area contributed by atoms with Gasteiger partial charge < -0.3 is 20.2 Å². The van der Waals surface area contributed by atoms with Crippen molar-refractivity contribution in [3.8, 4) is 5.69 Å². The molecule has 0 spiro atoms. The number of piperazine rings is 1. The summed E-state index contributed by atoms with van der Waals surface area (Å²) in [5.74, 6) is -0.963. The summed E-state index contributed by atoms with van der Waals surface area (Å²) in [6, 6.07) is 10.1. The number of carbonyl (C=O) groups excluding carboxylic acids is 1. The molecule has 0 aliphatic carbocycles. The summed E-state index contributed by atoms with van der Waals surface area (Å²) < 4.78 is 30.7. The molecular weight excluding hydrogens is 520 g/mol. The van der Waals surface area contributed by atoms with E-state index in [1.807, 2.05) is 4.90 Å². The van der Waals surface area contributed by atoms with Crippen molar-refractivity contribution in [1.29, 1.82) is 0 Å². The Hall–Kier alpha value is -4.16. The van der Waals surface area contributed by atoms with E-state index < -0.39 is 11.4 Å². The van der Waals surface area contributed by atoms with Crippen LogP contribution in [0.25, 0.3) is 16.7 Å². The van der Waals surface area contributed by atoms with Crippen molar-refractivity contribution in [2.75, 3.05) is 44.2 Å². The topological polar surface area (TPSA) is 109 Å². The highest BCUT2D eigenvalue weighted by Crippen LogP contribution is 2.27. The number of hydrogen-bond donors (Lipinski definition) is 2. The molecule has 2 N–H and O–H groups in total. The summed E-state index contributed by atoms with van der Waals surface area (Å²) in [6.07, 6.45) is 3.36. The van der Waals surface area contributed by atoms with Crippen LogP contribution in [0, 0.1) is 11.6 Å². The summed E-state index contributed by atoms with van der Waals surface area (Å²) in [7, 11) is 0. The number of halogens is 2. The second kappa shape index (κ2) is 10.4. The fraction of sp³-hybridized carbons (Fsp3) is 0.357. The molecule has 2 aliphatic rings. The standard InChI is InChI=1S/C28H29F2N7O3/c29-20-3-1-19(2-4-20)26(38)35-11-7-28(40,8-12-35)17-36-18-32-25-22(27(36)39)16-33-37(25)21-5-6-23(30)24(15-21)34-13-9-31-10-14-34/h1-6,15-16,18,31,40H,7-14,17H2. The lowest BCUT2D eigenvalue weighted by Crippen LogP contribution is -2.49. The molecule has 2 saturated heterocycles. The second-order valence-corrected chi connectivity index (χ2v) is 10.4. The molecule has 0 bridgehead atoms. The van der Waals surface area contributed by atoms with Gasteiger partial charge in [0.15, 0.2) is 5.65 Å². The molecule has 10 nitrogen and oxygen atoms in total. The van der Waals surface area contributed by atoms with Gasteiger partial charge in [-0.05, 0) is 55.3 Å². The monoisotopic (exact) mass is 549 g/mol. The Kier molecular flexibility index (Phi) is 6.80. The Labute approximate surface area is 228 Å². The maximum atomic E-state index is 14.6. The van der Waals surface area contributed by atoms with Crippen molar-refractivity contribution >= 4 is 22.6 Å². The van der Waals surface area contributed by atoms with E-state index in [1.165, 1.54) is 52.1 Å². The second-order valence-electron chi connectivity index (χ2n) is 10.4. The van der Waals surface area contributed by atoms with E-state index in [-0.39, 0.29) is 42.1 Å². The molecule has 2 aliphatic heterocycles. The number of aliphatic hydroxyl groups is 1. The van der Waals surface area contributed by atoms with E-state index in [1.54, 1.807) is 17.0 Å². The molecule has 2 aromatic carbocycles. The molecule has 208 valence electrons. The molecule has 1 amide bonds. The number of rotatable bonds is 5. The molecule has 0 atom stereocenters. The third-order valence-corrected chi connectivity index (χ3v) is 7.72. The number of amides is 1. The van der Waals surface area contributed by atoms with Gasteiger partial charge >= 0.3 is 0 Å². The van der Waals surface area contributed by atoms with Crippen LogP contribution in [0.3, 0.4) is 0 Å². The van der Waals surface area contributed by atoms with Crippen molar-refractivity contribution in [1.82, 2.24) is 29.5 Å². The number of nitrogens with zero attached hydrogens (tertiary/aromatic N) is 6. The average Bonchev–Trinajstić information content (AvgIpc) is 3.41. The van der Waals surface area contributed by atoms with Crippen molar-refractivity contribution in [2.45, 2.75) is 25.0 Å². The number of benzene rings is 2. The zero-order valence-corrected chi connectivity index (χ0v) is 21.8. The number of fused-ring (bicyclic) bond motifs is 1. The van der Waals surface area contributed by atoms with E-state index >= 15 is 0 Å². The van der Waals surface area contributed by atoms with Crippen LogP contribution in [0.15, 0.2) is 59.8 Å². The minimum atomic E-state index is -1.20. The van der Waals surface area contributed by atoms with Crippen molar-refractivity contribution in [3.63, 3.8) is 0 Å². The van der Waals surface area contributed by atoms with Crippen molar-refractivity contribution in [3.05, 3.63) is 82.5 Å². The van der Waals surface area contributed by atoms with E-state index in [9.17, 15) is 23.5 Å². The van der Waals surface area contributed by atoms with Gasteiger partial charge in [-0.2, -0.15) is 5.10 Å². The molecule has 6 rings (SSSR count). The van der Waals surface area contributed by atoms with Gasteiger partial charge in [0.25, 0.3) is 11.5 Å². The largest absolute Gasteiger partial charge is 0.388 e. The van der Waals surface area contributed by atoms with Gasteiger partial charge in [0.2, 0.25) is 0 Å². The van der Waals surface area contributed by atoms with Crippen molar-refractivity contribution < 1.29 is 18.7 Å². The SMILES string of the molecule is O=C(c1ccc(F)cc1)N1CCC(O)(Cn2cnc3c(cnn3-c3ccc(F)c(N4CCNCC4)c3)c2=O)CC1. The Morgan fingerprint density at radius 1 is 1.02 bits per heavy atom. The first-order valence-corrected chi connectivity index (χ1v) is 13.3. The van der Waals surface area contributed by atoms with Crippen LogP contribution in [-0.2, 0) is 6.54 Å². The minimum Gasteiger partial charge on any atom is -0.388 e. The molecular formula is C28H29F2N7O3. The Balaban J connectivity index is 1.19. The van der Waals surface area contributed by atoms with E-state index in [2.05, 4.69) is 15.4 Å². The first-order chi connectivity index (χ1) is 19.3. The predicted octanol–water partition coefficient (Wildman–Crippen LogP) is 1.94. The zero-order valence-electron chi connectivity index (χ0n) is 21.8. The summed E-state index contributed by atoms with van der Waals surface area (Å²) >= 11 is 0. The van der Waals surface area contributed by atoms with Crippen LogP contribution in [0.1, 0.15) is 23.2 Å². The number of anilines is 1. The van der Waals surface area contributed by atoms with Crippen LogP contribution in [0.2, 0.25) is 0 Å². The highest BCUT2D eigenvalue weighted by atomic mass is 19.1. The smallest absolute Gasteiger partial charge is 0.264 e. The molecule has 40 heavy (non-hydrogen) atoms. The Bertz CT molecular complexity index is 1600. The molecule has 2 fully saturated rings. The molecule has 2 aromatic heterocycles. The normalized spacial score (nSPS) is 17.4. The lowest BCUT2D eigenvalue weighted by Gasteiger charge is -2.38. The van der Waals surface area contributed by atoms with Crippen molar-refractivity contribution in [2.24, 2.45) is 0 Å². The quantitative estimate of drug-likeness (QED) is 0.392. The van der Waals surface area contributed by atoms with Crippen LogP contribution in [0.5, 0.6) is 0 Å². The maximum absolute atomic E-state index is 14.6. The van der Waals surface area contributed by atoms with Gasteiger partial charge in [-0.1, -0.05) is 0 Å². The highest BCUT2D eigenvalue weighted by molar-refractivity contribution is 5.94. The van der Waals surface area contributed by atoms with Gasteiger partial charge in [-0.25, -0.2) is 18.4 Å². The van der Waals surface area contributed by atoms with E-state index in [0.717, 1.165) is 13.1 Å². The number of aromatic nitrogens is 4. The number of piperidine rings is 1. The molecule has 4 heterocycles. The minimum absolute atomic E-state index is 0.0161. The van der Waals surface area contributed by atoms with Gasteiger partial charge in [0, 0.05) is 44.8 Å². The molecule has 12 heteroatoms. The lowest BCUT2D eigenvalue weighted by molar-refractivity contribution is -0.0299. The highest BCUT2D eigenvalue weighted by Gasteiger charge is 2.35. The van der Waals surface area contributed by atoms with Crippen LogP contribution in [0.4, 0.5) is 14.5 Å². The fourth-order valence-corrected chi connectivity index (χ4v) is 5.41. The van der Waals surface area contributed by atoms with Crippen LogP contribution >= 0.6 is 0 Å². The summed E-state index contributed by atoms with van der Waals surface area (Å²) in [5.41, 5.74) is 0.235. The fourth-order valence-electron chi connectivity index (χ4n) is 5.41. The number of likely N-dealkylation sites (tertiary alicyclic amines) is 1. The van der Waals surface area contributed by atoms with E-state index in [4.69, 9.17) is 0 Å². The first kappa shape index (κ1) is 26.1. The number of hydrogen-bond acceptors (Lipinski definition) is 7. The summed E-state index contributed by atoms with van der Waals surface area (Å²) in [4.78, 5) is 34.1. The molecule has 0 unspecified atom stereocenters. The first-order valence-electron chi connectivity index (χ1n) is 13.3. The average molecular weight is 550 g/mol. The summed E-state index contributed by atoms with van der Waals surface area (Å²) in [5, 5.41) is 19.2. The van der Waals surface area contributed by atoms with Gasteiger partial charge in [0.05, 0.1) is 29.7 Å². The van der Waals surface area contributed by atoms with E-state index in [0.29, 0.717) is 48.8 Å². The van der Waals surface area contributed by atoms with Crippen LogP contribution in [-0.4, -0.2) is 80.1 Å². The van der Waals surface area contributed by atoms with Gasteiger partial charge in [0.1, 0.15) is 23.3 Å².